The maximum absolute atomic E-state index is 13.2. The second-order valence-corrected chi connectivity index (χ2v) is 9.41. The summed E-state index contributed by atoms with van der Waals surface area (Å²) in [5, 5.41) is 0.0824. The zero-order valence-electron chi connectivity index (χ0n) is 16.6. The molecule has 0 fully saturated rings. The van der Waals surface area contributed by atoms with Gasteiger partial charge in [0, 0.05) is 4.88 Å². The number of carbonyl (C=O) groups is 2. The van der Waals surface area contributed by atoms with E-state index < -0.39 is 33.7 Å². The van der Waals surface area contributed by atoms with E-state index in [2.05, 4.69) is 4.72 Å². The number of aryl methyl sites for hydroxylation is 1. The van der Waals surface area contributed by atoms with Crippen molar-refractivity contribution in [3.8, 4) is 0 Å². The van der Waals surface area contributed by atoms with E-state index in [-0.39, 0.29) is 28.7 Å². The molecule has 0 amide bonds. The van der Waals surface area contributed by atoms with E-state index in [1.165, 1.54) is 0 Å². The van der Waals surface area contributed by atoms with E-state index in [0.29, 0.717) is 24.8 Å². The summed E-state index contributed by atoms with van der Waals surface area (Å²) in [6.45, 7) is 3.64. The zero-order chi connectivity index (χ0) is 21.9. The van der Waals surface area contributed by atoms with Crippen molar-refractivity contribution in [2.45, 2.75) is 43.9 Å². The number of benzene rings is 1. The minimum Gasteiger partial charge on any atom is -0.466 e. The number of esters is 2. The van der Waals surface area contributed by atoms with E-state index in [9.17, 15) is 22.4 Å². The van der Waals surface area contributed by atoms with E-state index in [0.717, 1.165) is 40.5 Å². The van der Waals surface area contributed by atoms with Crippen LogP contribution in [-0.4, -0.2) is 33.6 Å². The Kier molecular flexibility index (Phi) is 6.77. The van der Waals surface area contributed by atoms with Crippen LogP contribution in [0.25, 0.3) is 0 Å². The van der Waals surface area contributed by atoms with Gasteiger partial charge >= 0.3 is 11.9 Å². The average Bonchev–Trinajstić information content (AvgIpc) is 3.05. The van der Waals surface area contributed by atoms with Crippen molar-refractivity contribution in [1.29, 1.82) is 0 Å². The lowest BCUT2D eigenvalue weighted by atomic mass is 9.85. The van der Waals surface area contributed by atoms with Gasteiger partial charge in [-0.05, 0) is 62.9 Å². The van der Waals surface area contributed by atoms with Crippen molar-refractivity contribution < 1.29 is 31.9 Å². The summed E-state index contributed by atoms with van der Waals surface area (Å²) >= 11 is 1.11. The van der Waals surface area contributed by atoms with Crippen LogP contribution >= 0.6 is 11.3 Å². The van der Waals surface area contributed by atoms with Gasteiger partial charge in [0.2, 0.25) is 0 Å². The number of sulfonamides is 1. The Morgan fingerprint density at radius 1 is 1.17 bits per heavy atom. The summed E-state index contributed by atoms with van der Waals surface area (Å²) in [5.41, 5.74) is 0.514. The Hall–Kier alpha value is -2.46. The number of halogens is 1. The fourth-order valence-electron chi connectivity index (χ4n) is 3.41. The molecule has 0 saturated heterocycles. The van der Waals surface area contributed by atoms with Crippen molar-refractivity contribution in [2.75, 3.05) is 17.9 Å². The summed E-state index contributed by atoms with van der Waals surface area (Å²) in [5.74, 6) is -2.38. The second-order valence-electron chi connectivity index (χ2n) is 6.62. The normalized spacial score (nSPS) is 15.9. The van der Waals surface area contributed by atoms with Crippen LogP contribution in [0.15, 0.2) is 29.2 Å². The van der Waals surface area contributed by atoms with Crippen LogP contribution in [0.5, 0.6) is 0 Å². The highest BCUT2D eigenvalue weighted by Crippen LogP contribution is 2.45. The van der Waals surface area contributed by atoms with Crippen LogP contribution in [-0.2, 0) is 30.7 Å². The third-order valence-corrected chi connectivity index (χ3v) is 7.34. The molecule has 1 unspecified atom stereocenters. The summed E-state index contributed by atoms with van der Waals surface area (Å²) in [6, 6.07) is 4.35. The highest BCUT2D eigenvalue weighted by molar-refractivity contribution is 7.93. The van der Waals surface area contributed by atoms with Gasteiger partial charge in [0.15, 0.2) is 0 Å². The van der Waals surface area contributed by atoms with E-state index in [4.69, 9.17) is 9.47 Å². The van der Waals surface area contributed by atoms with Gasteiger partial charge in [-0.1, -0.05) is 0 Å². The Morgan fingerprint density at radius 3 is 2.47 bits per heavy atom. The molecule has 7 nitrogen and oxygen atoms in total. The molecule has 1 atom stereocenters. The molecule has 0 spiro atoms. The predicted molar refractivity (Wildman–Crippen MR) is 110 cm³/mol. The van der Waals surface area contributed by atoms with Crippen LogP contribution in [0.2, 0.25) is 0 Å². The molecular formula is C20H22FNO6S2. The van der Waals surface area contributed by atoms with Crippen LogP contribution in [0.3, 0.4) is 0 Å². The topological polar surface area (TPSA) is 98.8 Å². The Bertz CT molecular complexity index is 1050. The van der Waals surface area contributed by atoms with Crippen LogP contribution in [0.1, 0.15) is 53.4 Å². The molecule has 30 heavy (non-hydrogen) atoms. The maximum atomic E-state index is 13.2. The minimum absolute atomic E-state index is 0.0419. The first-order chi connectivity index (χ1) is 14.3. The van der Waals surface area contributed by atoms with Crippen molar-refractivity contribution in [3.05, 3.63) is 46.1 Å². The first kappa shape index (κ1) is 22.2. The Labute approximate surface area is 178 Å². The summed E-state index contributed by atoms with van der Waals surface area (Å²) in [6.07, 6.45) is 1.82. The predicted octanol–water partition coefficient (Wildman–Crippen LogP) is 3.85. The van der Waals surface area contributed by atoms with E-state index >= 15 is 0 Å². The minimum atomic E-state index is -4.08. The number of nitrogens with one attached hydrogen (secondary N) is 1. The molecule has 2 aromatic rings. The maximum Gasteiger partial charge on any atom is 0.341 e. The number of hydrogen-bond donors (Lipinski definition) is 1. The number of ether oxygens (including phenoxy) is 2. The Balaban J connectivity index is 2.07. The number of fused-ring (bicyclic) bond motifs is 1. The standard InChI is InChI=1S/C20H22FNO6S2/c1-3-27-19(23)14-6-5-7-15-16(14)17(20(24)28-4-2)18(29-15)22-30(25,26)13-10-8-12(21)9-11-13/h8-11,14,22H,3-7H2,1-2H3. The van der Waals surface area contributed by atoms with Crippen molar-refractivity contribution in [1.82, 2.24) is 0 Å². The van der Waals surface area contributed by atoms with Crippen molar-refractivity contribution >= 4 is 38.3 Å². The van der Waals surface area contributed by atoms with Crippen LogP contribution in [0, 0.1) is 5.82 Å². The average molecular weight is 456 g/mol. The number of anilines is 1. The third-order valence-electron chi connectivity index (χ3n) is 4.67. The lowest BCUT2D eigenvalue weighted by Gasteiger charge is -2.22. The molecule has 1 N–H and O–H groups in total. The van der Waals surface area contributed by atoms with Gasteiger partial charge in [-0.2, -0.15) is 0 Å². The van der Waals surface area contributed by atoms with Crippen molar-refractivity contribution in [2.24, 2.45) is 0 Å². The van der Waals surface area contributed by atoms with E-state index in [1.807, 2.05) is 0 Å². The van der Waals surface area contributed by atoms with Gasteiger partial charge in [0.05, 0.1) is 29.6 Å². The SMILES string of the molecule is CCOC(=O)c1c(NS(=O)(=O)c2ccc(F)cc2)sc2c1C(C(=O)OCC)CCC2. The highest BCUT2D eigenvalue weighted by atomic mass is 32.2. The molecule has 0 aliphatic heterocycles. The Morgan fingerprint density at radius 2 is 1.83 bits per heavy atom. The molecule has 1 aromatic carbocycles. The molecule has 10 heteroatoms. The molecule has 0 radical (unpaired) electrons. The zero-order valence-corrected chi connectivity index (χ0v) is 18.2. The van der Waals surface area contributed by atoms with E-state index in [1.54, 1.807) is 13.8 Å². The third kappa shape index (κ3) is 4.49. The fourth-order valence-corrected chi connectivity index (χ4v) is 6.00. The highest BCUT2D eigenvalue weighted by Gasteiger charge is 2.37. The lowest BCUT2D eigenvalue weighted by molar-refractivity contribution is -0.145. The number of rotatable bonds is 7. The molecule has 1 aliphatic rings. The number of carbonyl (C=O) groups excluding carboxylic acids is 2. The second kappa shape index (κ2) is 9.13. The van der Waals surface area contributed by atoms with Gasteiger partial charge in [-0.15, -0.1) is 11.3 Å². The molecule has 0 bridgehead atoms. The molecule has 1 aromatic heterocycles. The van der Waals surface area contributed by atoms with Crippen LogP contribution < -0.4 is 4.72 Å². The van der Waals surface area contributed by atoms with Gasteiger partial charge in [0.1, 0.15) is 10.8 Å². The first-order valence-corrected chi connectivity index (χ1v) is 11.9. The fraction of sp³-hybridized carbons (Fsp3) is 0.400. The van der Waals surface area contributed by atoms with Gasteiger partial charge < -0.3 is 9.47 Å². The largest absolute Gasteiger partial charge is 0.466 e. The van der Waals surface area contributed by atoms with Crippen LogP contribution in [0.4, 0.5) is 9.39 Å². The molecular weight excluding hydrogens is 433 g/mol. The smallest absolute Gasteiger partial charge is 0.341 e. The molecule has 1 heterocycles. The summed E-state index contributed by atoms with van der Waals surface area (Å²) < 4.78 is 51.5. The number of thiophene rings is 1. The first-order valence-electron chi connectivity index (χ1n) is 9.56. The molecule has 0 saturated carbocycles. The monoisotopic (exact) mass is 455 g/mol. The molecule has 162 valence electrons. The quantitative estimate of drug-likeness (QED) is 0.637. The van der Waals surface area contributed by atoms with Crippen molar-refractivity contribution in [3.63, 3.8) is 0 Å². The molecule has 3 rings (SSSR count). The summed E-state index contributed by atoms with van der Waals surface area (Å²) in [7, 11) is -4.08. The van der Waals surface area contributed by atoms with Gasteiger partial charge in [0.25, 0.3) is 10.0 Å². The summed E-state index contributed by atoms with van der Waals surface area (Å²) in [4.78, 5) is 25.8. The number of hydrogen-bond acceptors (Lipinski definition) is 7. The van der Waals surface area contributed by atoms with Gasteiger partial charge in [-0.3, -0.25) is 9.52 Å². The lowest BCUT2D eigenvalue weighted by Crippen LogP contribution is -2.23. The molecule has 1 aliphatic carbocycles. The van der Waals surface area contributed by atoms with Gasteiger partial charge in [-0.25, -0.2) is 17.6 Å².